The molecule has 3 fully saturated rings. The number of hydrogen-bond donors (Lipinski definition) is 0. The van der Waals surface area contributed by atoms with Crippen molar-refractivity contribution in [2.24, 2.45) is 23.7 Å². The van der Waals surface area contributed by atoms with Gasteiger partial charge < -0.3 is 4.90 Å². The SMILES string of the molecule is Clc1ccc([C@@H]2C[C@@H]3C[C@H]2[C@@H]2CN(c4ccccc4)C[C@H]32)cc1. The molecular formula is C21H22ClN. The zero-order valence-corrected chi connectivity index (χ0v) is 14.0. The Hall–Kier alpha value is -1.47. The van der Waals surface area contributed by atoms with Crippen LogP contribution in [0.2, 0.25) is 5.02 Å². The molecule has 0 amide bonds. The molecule has 0 radical (unpaired) electrons. The highest BCUT2D eigenvalue weighted by Crippen LogP contribution is 2.61. The zero-order chi connectivity index (χ0) is 15.4. The molecule has 2 heteroatoms. The van der Waals surface area contributed by atoms with Crippen molar-refractivity contribution in [3.63, 3.8) is 0 Å². The van der Waals surface area contributed by atoms with Gasteiger partial charge in [-0.1, -0.05) is 41.9 Å². The van der Waals surface area contributed by atoms with Gasteiger partial charge in [-0.2, -0.15) is 0 Å². The first-order valence-corrected chi connectivity index (χ1v) is 9.23. The van der Waals surface area contributed by atoms with Gasteiger partial charge in [0.1, 0.15) is 0 Å². The van der Waals surface area contributed by atoms with E-state index in [0.717, 1.165) is 34.6 Å². The van der Waals surface area contributed by atoms with Crippen LogP contribution in [0, 0.1) is 23.7 Å². The second-order valence-corrected chi connectivity index (χ2v) is 8.06. The van der Waals surface area contributed by atoms with Crippen LogP contribution >= 0.6 is 11.6 Å². The molecule has 23 heavy (non-hydrogen) atoms. The van der Waals surface area contributed by atoms with E-state index in [9.17, 15) is 0 Å². The third kappa shape index (κ3) is 2.21. The van der Waals surface area contributed by atoms with Crippen LogP contribution in [0.15, 0.2) is 54.6 Å². The third-order valence-electron chi connectivity index (χ3n) is 6.64. The Labute approximate surface area is 143 Å². The van der Waals surface area contributed by atoms with Crippen LogP contribution in [0.5, 0.6) is 0 Å². The van der Waals surface area contributed by atoms with Gasteiger partial charge in [-0.05, 0) is 72.3 Å². The van der Waals surface area contributed by atoms with Gasteiger partial charge in [0.15, 0.2) is 0 Å². The molecule has 0 N–H and O–H groups in total. The molecule has 5 rings (SSSR count). The fourth-order valence-electron chi connectivity index (χ4n) is 5.68. The number of fused-ring (bicyclic) bond motifs is 5. The molecule has 2 saturated carbocycles. The van der Waals surface area contributed by atoms with Crippen molar-refractivity contribution in [1.29, 1.82) is 0 Å². The van der Waals surface area contributed by atoms with Crippen molar-refractivity contribution in [2.45, 2.75) is 18.8 Å². The van der Waals surface area contributed by atoms with Crippen molar-refractivity contribution in [3.05, 3.63) is 65.2 Å². The summed E-state index contributed by atoms with van der Waals surface area (Å²) in [7, 11) is 0. The number of para-hydroxylation sites is 1. The Balaban J connectivity index is 1.38. The lowest BCUT2D eigenvalue weighted by Gasteiger charge is -2.30. The number of anilines is 1. The molecule has 2 aromatic rings. The maximum atomic E-state index is 6.07. The van der Waals surface area contributed by atoms with Crippen molar-refractivity contribution >= 4 is 17.3 Å². The molecular weight excluding hydrogens is 302 g/mol. The lowest BCUT2D eigenvalue weighted by molar-refractivity contribution is 0.251. The van der Waals surface area contributed by atoms with Crippen LogP contribution in [-0.4, -0.2) is 13.1 Å². The number of hydrogen-bond acceptors (Lipinski definition) is 1. The minimum absolute atomic E-state index is 0.759. The van der Waals surface area contributed by atoms with E-state index >= 15 is 0 Å². The topological polar surface area (TPSA) is 3.24 Å². The number of benzene rings is 2. The molecule has 2 bridgehead atoms. The summed E-state index contributed by atoms with van der Waals surface area (Å²) in [5.74, 6) is 4.37. The third-order valence-corrected chi connectivity index (χ3v) is 6.89. The average Bonchev–Trinajstić information content (AvgIpc) is 3.27. The van der Waals surface area contributed by atoms with Crippen LogP contribution in [0.25, 0.3) is 0 Å². The van der Waals surface area contributed by atoms with E-state index in [-0.39, 0.29) is 0 Å². The number of halogens is 1. The summed E-state index contributed by atoms with van der Waals surface area (Å²) < 4.78 is 0. The second kappa shape index (κ2) is 5.27. The van der Waals surface area contributed by atoms with Gasteiger partial charge in [0.2, 0.25) is 0 Å². The molecule has 1 nitrogen and oxygen atoms in total. The molecule has 1 aliphatic heterocycles. The lowest BCUT2D eigenvalue weighted by atomic mass is 9.73. The first-order valence-electron chi connectivity index (χ1n) is 8.85. The molecule has 5 atom stereocenters. The van der Waals surface area contributed by atoms with Gasteiger partial charge in [0.25, 0.3) is 0 Å². The fraction of sp³-hybridized carbons (Fsp3) is 0.429. The molecule has 0 aromatic heterocycles. The zero-order valence-electron chi connectivity index (χ0n) is 13.2. The molecule has 2 aliphatic carbocycles. The molecule has 1 saturated heterocycles. The van der Waals surface area contributed by atoms with E-state index in [2.05, 4.69) is 59.5 Å². The Kier molecular flexibility index (Phi) is 3.19. The highest BCUT2D eigenvalue weighted by molar-refractivity contribution is 6.30. The molecule has 1 heterocycles. The van der Waals surface area contributed by atoms with E-state index in [1.807, 2.05) is 0 Å². The summed E-state index contributed by atoms with van der Waals surface area (Å²) in [6.07, 6.45) is 2.83. The molecule has 0 spiro atoms. The van der Waals surface area contributed by atoms with Crippen molar-refractivity contribution in [3.8, 4) is 0 Å². The van der Waals surface area contributed by atoms with Crippen LogP contribution < -0.4 is 4.90 Å². The summed E-state index contributed by atoms with van der Waals surface area (Å²) >= 11 is 6.07. The van der Waals surface area contributed by atoms with E-state index in [0.29, 0.717) is 0 Å². The standard InChI is InChI=1S/C21H22ClN/c22-16-8-6-14(7-9-16)18-10-15-11-19(18)21-13-23(12-20(15)21)17-4-2-1-3-5-17/h1-9,15,18-21H,10-13H2/t15-,18+,19-,20-,21+/m1/s1. The lowest BCUT2D eigenvalue weighted by Crippen LogP contribution is -2.25. The molecule has 3 aliphatic rings. The fourth-order valence-corrected chi connectivity index (χ4v) is 5.81. The summed E-state index contributed by atoms with van der Waals surface area (Å²) in [6.45, 7) is 2.52. The number of nitrogens with zero attached hydrogens (tertiary/aromatic N) is 1. The van der Waals surface area contributed by atoms with Gasteiger partial charge in [0.05, 0.1) is 0 Å². The van der Waals surface area contributed by atoms with Gasteiger partial charge in [0, 0.05) is 23.8 Å². The van der Waals surface area contributed by atoms with Crippen LogP contribution in [0.4, 0.5) is 5.69 Å². The maximum absolute atomic E-state index is 6.07. The van der Waals surface area contributed by atoms with E-state index in [1.165, 1.54) is 37.2 Å². The maximum Gasteiger partial charge on any atom is 0.0406 e. The van der Waals surface area contributed by atoms with Crippen molar-refractivity contribution in [2.75, 3.05) is 18.0 Å². The molecule has 118 valence electrons. The predicted molar refractivity (Wildman–Crippen MR) is 96.0 cm³/mol. The van der Waals surface area contributed by atoms with Crippen molar-refractivity contribution < 1.29 is 0 Å². The van der Waals surface area contributed by atoms with E-state index < -0.39 is 0 Å². The van der Waals surface area contributed by atoms with Crippen LogP contribution in [-0.2, 0) is 0 Å². The Morgan fingerprint density at radius 3 is 2.30 bits per heavy atom. The predicted octanol–water partition coefficient (Wildman–Crippen LogP) is 5.22. The summed E-state index contributed by atoms with van der Waals surface area (Å²) in [4.78, 5) is 2.62. The first kappa shape index (κ1) is 13.9. The van der Waals surface area contributed by atoms with Gasteiger partial charge in [-0.25, -0.2) is 0 Å². The quantitative estimate of drug-likeness (QED) is 0.732. The Bertz CT molecular complexity index is 696. The van der Waals surface area contributed by atoms with E-state index in [4.69, 9.17) is 11.6 Å². The second-order valence-electron chi connectivity index (χ2n) is 7.62. The summed E-state index contributed by atoms with van der Waals surface area (Å²) in [5.41, 5.74) is 2.92. The van der Waals surface area contributed by atoms with Crippen LogP contribution in [0.1, 0.15) is 24.3 Å². The molecule has 0 unspecified atom stereocenters. The van der Waals surface area contributed by atoms with Gasteiger partial charge in [-0.15, -0.1) is 0 Å². The highest BCUT2D eigenvalue weighted by Gasteiger charge is 2.55. The Morgan fingerprint density at radius 2 is 1.52 bits per heavy atom. The summed E-state index contributed by atoms with van der Waals surface area (Å²) in [5, 5.41) is 0.853. The normalized spacial score (nSPS) is 34.8. The number of rotatable bonds is 2. The van der Waals surface area contributed by atoms with Crippen LogP contribution in [0.3, 0.4) is 0 Å². The van der Waals surface area contributed by atoms with Gasteiger partial charge >= 0.3 is 0 Å². The Morgan fingerprint density at radius 1 is 0.783 bits per heavy atom. The highest BCUT2D eigenvalue weighted by atomic mass is 35.5. The first-order chi connectivity index (χ1) is 11.3. The monoisotopic (exact) mass is 323 g/mol. The smallest absolute Gasteiger partial charge is 0.0406 e. The minimum atomic E-state index is 0.759. The van der Waals surface area contributed by atoms with Gasteiger partial charge in [-0.3, -0.25) is 0 Å². The average molecular weight is 324 g/mol. The van der Waals surface area contributed by atoms with Crippen molar-refractivity contribution in [1.82, 2.24) is 0 Å². The largest absolute Gasteiger partial charge is 0.371 e. The van der Waals surface area contributed by atoms with E-state index in [1.54, 1.807) is 0 Å². The minimum Gasteiger partial charge on any atom is -0.371 e. The molecule has 2 aromatic carbocycles. The summed E-state index contributed by atoms with van der Waals surface area (Å²) in [6, 6.07) is 19.6.